The molecule has 1 aromatic heterocycles. The molecule has 2 aromatic rings. The third kappa shape index (κ3) is 3.28. The Balaban J connectivity index is 2.81. The second-order valence-corrected chi connectivity index (χ2v) is 4.74. The molecule has 0 aliphatic carbocycles. The van der Waals surface area contributed by atoms with Crippen molar-refractivity contribution in [1.29, 1.82) is 10.5 Å². The van der Waals surface area contributed by atoms with Gasteiger partial charge in [-0.05, 0) is 6.07 Å². The molecule has 130 valence electrons. The van der Waals surface area contributed by atoms with E-state index in [0.29, 0.717) is 0 Å². The van der Waals surface area contributed by atoms with Crippen LogP contribution in [0.5, 0.6) is 5.88 Å². The second kappa shape index (κ2) is 7.73. The van der Waals surface area contributed by atoms with Crippen LogP contribution in [0, 0.1) is 28.5 Å². The summed E-state index contributed by atoms with van der Waals surface area (Å²) in [5.74, 6) is -3.71. The first-order valence-corrected chi connectivity index (χ1v) is 7.04. The van der Waals surface area contributed by atoms with E-state index in [9.17, 15) is 24.5 Å². The zero-order chi connectivity index (χ0) is 19.3. The molecule has 0 fully saturated rings. The summed E-state index contributed by atoms with van der Waals surface area (Å²) >= 11 is 0. The first kappa shape index (κ1) is 18.4. The van der Waals surface area contributed by atoms with Gasteiger partial charge in [0.15, 0.2) is 5.82 Å². The summed E-state index contributed by atoms with van der Waals surface area (Å²) in [6.07, 6.45) is 0. The molecule has 1 amide bonds. The number of carbonyl (C=O) groups excluding carboxylic acids is 2. The van der Waals surface area contributed by atoms with Crippen molar-refractivity contribution in [3.05, 3.63) is 41.2 Å². The van der Waals surface area contributed by atoms with Crippen molar-refractivity contribution in [3.8, 4) is 29.1 Å². The molecule has 0 saturated heterocycles. The van der Waals surface area contributed by atoms with Crippen molar-refractivity contribution in [3.63, 3.8) is 0 Å². The van der Waals surface area contributed by atoms with Gasteiger partial charge in [-0.2, -0.15) is 15.5 Å². The molecular weight excluding hydrogens is 343 g/mol. The average molecular weight is 354 g/mol. The summed E-state index contributed by atoms with van der Waals surface area (Å²) in [7, 11) is 2.22. The predicted octanol–water partition coefficient (Wildman–Crippen LogP) is 1.75. The second-order valence-electron chi connectivity index (χ2n) is 4.74. The molecule has 0 spiro atoms. The quantitative estimate of drug-likeness (QED) is 0.657. The monoisotopic (exact) mass is 354 g/mol. The number of nitrogens with one attached hydrogen (secondary N) is 1. The summed E-state index contributed by atoms with van der Waals surface area (Å²) in [4.78, 5) is 27.0. The third-order valence-corrected chi connectivity index (χ3v) is 3.33. The number of aromatic nitrogens is 1. The van der Waals surface area contributed by atoms with E-state index >= 15 is 0 Å². The Hall–Kier alpha value is -3.98. The SMILES string of the molecule is COC(=O)C(=O)Nc1nc(OC)c(C#N)c(-c2ccccc2F)c1C#N. The van der Waals surface area contributed by atoms with Gasteiger partial charge in [0.1, 0.15) is 29.1 Å². The average Bonchev–Trinajstić information content (AvgIpc) is 2.66. The molecule has 0 unspecified atom stereocenters. The van der Waals surface area contributed by atoms with E-state index in [4.69, 9.17) is 4.74 Å². The number of halogens is 1. The summed E-state index contributed by atoms with van der Waals surface area (Å²) in [6, 6.07) is 9.06. The van der Waals surface area contributed by atoms with Crippen LogP contribution >= 0.6 is 0 Å². The lowest BCUT2D eigenvalue weighted by Gasteiger charge is -2.14. The van der Waals surface area contributed by atoms with E-state index in [1.165, 1.54) is 25.3 Å². The van der Waals surface area contributed by atoms with Gasteiger partial charge in [0.05, 0.1) is 14.2 Å². The topological polar surface area (TPSA) is 125 Å². The van der Waals surface area contributed by atoms with Crippen LogP contribution in [-0.4, -0.2) is 31.1 Å². The number of ether oxygens (including phenoxy) is 2. The molecule has 0 aliphatic heterocycles. The standard InChI is InChI=1S/C17H11FN4O4/c1-25-16-11(8-20)13(9-5-3-4-6-12(9)18)10(7-19)14(22-16)21-15(23)17(24)26-2/h3-6H,1-2H3,(H,21,22,23). The van der Waals surface area contributed by atoms with Crippen LogP contribution in [0.15, 0.2) is 24.3 Å². The molecule has 8 nitrogen and oxygen atoms in total. The number of pyridine rings is 1. The molecular formula is C17H11FN4O4. The van der Waals surface area contributed by atoms with E-state index in [1.54, 1.807) is 6.07 Å². The van der Waals surface area contributed by atoms with Crippen molar-refractivity contribution in [2.75, 3.05) is 19.5 Å². The van der Waals surface area contributed by atoms with Gasteiger partial charge >= 0.3 is 11.9 Å². The van der Waals surface area contributed by atoms with Crippen molar-refractivity contribution in [1.82, 2.24) is 4.98 Å². The lowest BCUT2D eigenvalue weighted by molar-refractivity contribution is -0.150. The molecule has 0 aliphatic rings. The molecule has 1 aromatic carbocycles. The lowest BCUT2D eigenvalue weighted by atomic mass is 9.96. The third-order valence-electron chi connectivity index (χ3n) is 3.33. The van der Waals surface area contributed by atoms with Gasteiger partial charge in [0.2, 0.25) is 5.88 Å². The van der Waals surface area contributed by atoms with Crippen molar-refractivity contribution in [2.24, 2.45) is 0 Å². The van der Waals surface area contributed by atoms with Gasteiger partial charge in [-0.25, -0.2) is 9.18 Å². The number of esters is 1. The number of carbonyl (C=O) groups is 2. The zero-order valence-electron chi connectivity index (χ0n) is 13.7. The molecule has 1 heterocycles. The molecule has 0 atom stereocenters. The van der Waals surface area contributed by atoms with Gasteiger partial charge in [0, 0.05) is 11.1 Å². The lowest BCUT2D eigenvalue weighted by Crippen LogP contribution is -2.25. The smallest absolute Gasteiger partial charge is 0.396 e. The number of rotatable bonds is 3. The Bertz CT molecular complexity index is 976. The minimum Gasteiger partial charge on any atom is -0.480 e. The number of nitrogens with zero attached hydrogens (tertiary/aromatic N) is 3. The van der Waals surface area contributed by atoms with Gasteiger partial charge in [-0.1, -0.05) is 18.2 Å². The Morgan fingerprint density at radius 1 is 1.15 bits per heavy atom. The maximum absolute atomic E-state index is 14.3. The van der Waals surface area contributed by atoms with Crippen LogP contribution in [0.25, 0.3) is 11.1 Å². The minimum absolute atomic E-state index is 0.0603. The van der Waals surface area contributed by atoms with Crippen molar-refractivity contribution in [2.45, 2.75) is 0 Å². The summed E-state index contributed by atoms with van der Waals surface area (Å²) in [5.41, 5.74) is -0.662. The van der Waals surface area contributed by atoms with Crippen LogP contribution in [0.2, 0.25) is 0 Å². The summed E-state index contributed by atoms with van der Waals surface area (Å²) in [5, 5.41) is 21.1. The maximum Gasteiger partial charge on any atom is 0.396 e. The van der Waals surface area contributed by atoms with Crippen LogP contribution < -0.4 is 10.1 Å². The molecule has 0 saturated carbocycles. The van der Waals surface area contributed by atoms with Gasteiger partial charge in [-0.3, -0.25) is 10.1 Å². The first-order valence-electron chi connectivity index (χ1n) is 7.04. The van der Waals surface area contributed by atoms with E-state index < -0.39 is 17.7 Å². The van der Waals surface area contributed by atoms with Crippen LogP contribution in [0.3, 0.4) is 0 Å². The number of benzene rings is 1. The Morgan fingerprint density at radius 3 is 2.35 bits per heavy atom. The fraction of sp³-hybridized carbons (Fsp3) is 0.118. The Morgan fingerprint density at radius 2 is 1.81 bits per heavy atom. The molecule has 0 bridgehead atoms. The maximum atomic E-state index is 14.3. The van der Waals surface area contributed by atoms with E-state index in [0.717, 1.165) is 13.2 Å². The highest BCUT2D eigenvalue weighted by Gasteiger charge is 2.26. The molecule has 9 heteroatoms. The van der Waals surface area contributed by atoms with Crippen LogP contribution in [-0.2, 0) is 14.3 Å². The van der Waals surface area contributed by atoms with E-state index in [2.05, 4.69) is 15.0 Å². The normalized spacial score (nSPS) is 9.58. The number of nitriles is 2. The predicted molar refractivity (Wildman–Crippen MR) is 86.3 cm³/mol. The molecule has 0 radical (unpaired) electrons. The highest BCUT2D eigenvalue weighted by molar-refractivity contribution is 6.37. The molecule has 1 N–H and O–H groups in total. The van der Waals surface area contributed by atoms with Gasteiger partial charge in [0.25, 0.3) is 0 Å². The minimum atomic E-state index is -1.22. The van der Waals surface area contributed by atoms with Crippen LogP contribution in [0.1, 0.15) is 11.1 Å². The highest BCUT2D eigenvalue weighted by Crippen LogP contribution is 2.37. The van der Waals surface area contributed by atoms with E-state index in [1.807, 2.05) is 6.07 Å². The molecule has 2 rings (SSSR count). The number of methoxy groups -OCH3 is 2. The number of amides is 1. The summed E-state index contributed by atoms with van der Waals surface area (Å²) in [6.45, 7) is 0. The van der Waals surface area contributed by atoms with Crippen molar-refractivity contribution >= 4 is 17.7 Å². The summed E-state index contributed by atoms with van der Waals surface area (Å²) < 4.78 is 23.6. The van der Waals surface area contributed by atoms with E-state index in [-0.39, 0.29) is 34.0 Å². The Labute approximate surface area is 147 Å². The van der Waals surface area contributed by atoms with Crippen LogP contribution in [0.4, 0.5) is 10.2 Å². The number of hydrogen-bond acceptors (Lipinski definition) is 7. The van der Waals surface area contributed by atoms with Gasteiger partial charge in [-0.15, -0.1) is 0 Å². The van der Waals surface area contributed by atoms with Gasteiger partial charge < -0.3 is 9.47 Å². The Kier molecular flexibility index (Phi) is 5.46. The fourth-order valence-electron chi connectivity index (χ4n) is 2.20. The number of hydrogen-bond donors (Lipinski definition) is 1. The fourth-order valence-corrected chi connectivity index (χ4v) is 2.20. The highest BCUT2D eigenvalue weighted by atomic mass is 19.1. The largest absolute Gasteiger partial charge is 0.480 e. The molecule has 26 heavy (non-hydrogen) atoms. The first-order chi connectivity index (χ1) is 12.5. The zero-order valence-corrected chi connectivity index (χ0v) is 13.7. The van der Waals surface area contributed by atoms with Crippen molar-refractivity contribution < 1.29 is 23.5 Å². The number of anilines is 1.